The molecular weight excluding hydrogens is 353 g/mol. The van der Waals surface area contributed by atoms with E-state index in [9.17, 15) is 19.1 Å². The average molecular weight is 374 g/mol. The lowest BCUT2D eigenvalue weighted by molar-refractivity contribution is 0.0125. The van der Waals surface area contributed by atoms with E-state index in [0.717, 1.165) is 6.20 Å². The van der Waals surface area contributed by atoms with Crippen molar-refractivity contribution in [2.45, 2.75) is 45.0 Å². The molecule has 1 aromatic heterocycles. The van der Waals surface area contributed by atoms with Crippen molar-refractivity contribution >= 4 is 29.4 Å². The monoisotopic (exact) mass is 373 g/mol. The van der Waals surface area contributed by atoms with Crippen LogP contribution in [0.1, 0.15) is 37.6 Å². The number of halogens is 2. The highest BCUT2D eigenvalue weighted by atomic mass is 35.5. The second-order valence-electron chi connectivity index (χ2n) is 6.84. The first-order chi connectivity index (χ1) is 11.6. The zero-order valence-electron chi connectivity index (χ0n) is 14.3. The van der Waals surface area contributed by atoms with Gasteiger partial charge >= 0.3 is 12.1 Å². The van der Waals surface area contributed by atoms with E-state index in [1.165, 1.54) is 11.0 Å². The number of alkyl halides is 1. The molecule has 0 saturated carbocycles. The Labute approximate surface area is 150 Å². The Bertz CT molecular complexity index is 665. The number of aromatic nitrogens is 1. The number of nitrogens with zero attached hydrogens (tertiary/aromatic N) is 2. The van der Waals surface area contributed by atoms with E-state index in [4.69, 9.17) is 16.3 Å². The van der Waals surface area contributed by atoms with E-state index in [0.29, 0.717) is 13.0 Å². The summed E-state index contributed by atoms with van der Waals surface area (Å²) in [6, 6.07) is 0.702. The zero-order chi connectivity index (χ0) is 18.8. The van der Waals surface area contributed by atoms with Gasteiger partial charge in [-0.25, -0.2) is 19.0 Å². The number of carboxylic acid groups (broad SMARTS) is 1. The first-order valence-corrected chi connectivity index (χ1v) is 8.22. The third-order valence-electron chi connectivity index (χ3n) is 3.64. The number of hydrogen-bond acceptors (Lipinski definition) is 5. The Morgan fingerprint density at radius 1 is 1.48 bits per heavy atom. The van der Waals surface area contributed by atoms with E-state index >= 15 is 0 Å². The minimum Gasteiger partial charge on any atom is -0.478 e. The lowest BCUT2D eigenvalue weighted by Gasteiger charge is -2.36. The van der Waals surface area contributed by atoms with Crippen LogP contribution in [0.15, 0.2) is 12.3 Å². The Morgan fingerprint density at radius 2 is 2.16 bits per heavy atom. The quantitative estimate of drug-likeness (QED) is 0.790. The van der Waals surface area contributed by atoms with Crippen LogP contribution in [0.2, 0.25) is 5.15 Å². The van der Waals surface area contributed by atoms with E-state index < -0.39 is 29.9 Å². The van der Waals surface area contributed by atoms with Crippen LogP contribution in [0.5, 0.6) is 0 Å². The summed E-state index contributed by atoms with van der Waals surface area (Å²) in [5.41, 5.74) is -0.542. The van der Waals surface area contributed by atoms with E-state index in [2.05, 4.69) is 10.3 Å². The third kappa shape index (κ3) is 5.19. The van der Waals surface area contributed by atoms with Crippen LogP contribution in [0.3, 0.4) is 0 Å². The lowest BCUT2D eigenvalue weighted by Crippen LogP contribution is -2.51. The minimum atomic E-state index is -1.38. The number of pyridine rings is 1. The molecule has 0 aliphatic carbocycles. The molecule has 9 heteroatoms. The van der Waals surface area contributed by atoms with Gasteiger partial charge in [-0.1, -0.05) is 11.6 Å². The van der Waals surface area contributed by atoms with Crippen molar-refractivity contribution in [1.82, 2.24) is 9.88 Å². The predicted octanol–water partition coefficient (Wildman–Crippen LogP) is 3.19. The molecule has 2 atom stereocenters. The van der Waals surface area contributed by atoms with Crippen molar-refractivity contribution in [3.63, 3.8) is 0 Å². The molecule has 138 valence electrons. The van der Waals surface area contributed by atoms with Gasteiger partial charge in [-0.2, -0.15) is 0 Å². The number of nitrogens with one attached hydrogen (secondary N) is 1. The van der Waals surface area contributed by atoms with Crippen LogP contribution in [0.25, 0.3) is 0 Å². The largest absolute Gasteiger partial charge is 0.478 e. The van der Waals surface area contributed by atoms with Crippen molar-refractivity contribution in [2.24, 2.45) is 0 Å². The third-order valence-corrected chi connectivity index (χ3v) is 3.84. The zero-order valence-corrected chi connectivity index (χ0v) is 15.0. The number of hydrogen-bond donors (Lipinski definition) is 2. The lowest BCUT2D eigenvalue weighted by atomic mass is 10.0. The van der Waals surface area contributed by atoms with Gasteiger partial charge in [0.1, 0.15) is 22.5 Å². The number of rotatable bonds is 3. The Kier molecular flexibility index (Phi) is 5.72. The molecule has 2 heterocycles. The van der Waals surface area contributed by atoms with Gasteiger partial charge < -0.3 is 20.1 Å². The van der Waals surface area contributed by atoms with Crippen LogP contribution in [0.4, 0.5) is 14.9 Å². The Hall–Kier alpha value is -2.09. The maximum atomic E-state index is 14.5. The van der Waals surface area contributed by atoms with E-state index in [1.807, 2.05) is 0 Å². The van der Waals surface area contributed by atoms with Crippen molar-refractivity contribution < 1.29 is 23.8 Å². The molecule has 1 fully saturated rings. The molecule has 0 aromatic carbocycles. The number of carboxylic acids is 1. The molecule has 1 aliphatic heterocycles. The minimum absolute atomic E-state index is 0.0915. The summed E-state index contributed by atoms with van der Waals surface area (Å²) in [7, 11) is 0. The number of amides is 1. The predicted molar refractivity (Wildman–Crippen MR) is 90.9 cm³/mol. The van der Waals surface area contributed by atoms with Crippen LogP contribution in [0, 0.1) is 0 Å². The van der Waals surface area contributed by atoms with Crippen LogP contribution in [-0.4, -0.2) is 58.0 Å². The SMILES string of the molecule is CC(C)(C)OC(=O)N1CC[C@@H](Nc2cc(Cl)ncc2C(=O)O)[C@@H](F)C1. The van der Waals surface area contributed by atoms with Crippen molar-refractivity contribution in [3.05, 3.63) is 23.0 Å². The van der Waals surface area contributed by atoms with Gasteiger partial charge in [0.2, 0.25) is 0 Å². The molecule has 0 bridgehead atoms. The molecule has 0 radical (unpaired) electrons. The molecule has 2 N–H and O–H groups in total. The number of anilines is 1. The molecule has 1 aliphatic rings. The normalized spacial score (nSPS) is 20.9. The van der Waals surface area contributed by atoms with Crippen LogP contribution >= 0.6 is 11.6 Å². The maximum Gasteiger partial charge on any atom is 0.410 e. The summed E-state index contributed by atoms with van der Waals surface area (Å²) in [4.78, 5) is 28.3. The Balaban J connectivity index is 2.04. The second kappa shape index (κ2) is 7.43. The molecule has 2 rings (SSSR count). The van der Waals surface area contributed by atoms with Crippen molar-refractivity contribution in [2.75, 3.05) is 18.4 Å². The topological polar surface area (TPSA) is 91.8 Å². The first kappa shape index (κ1) is 19.2. The highest BCUT2D eigenvalue weighted by Gasteiger charge is 2.34. The number of piperidine rings is 1. The van der Waals surface area contributed by atoms with Crippen LogP contribution in [-0.2, 0) is 4.74 Å². The van der Waals surface area contributed by atoms with Crippen LogP contribution < -0.4 is 5.32 Å². The molecule has 1 saturated heterocycles. The van der Waals surface area contributed by atoms with E-state index in [-0.39, 0.29) is 22.9 Å². The van der Waals surface area contributed by atoms with Gasteiger partial charge in [-0.3, -0.25) is 0 Å². The summed E-state index contributed by atoms with van der Waals surface area (Å²) in [5, 5.41) is 12.2. The number of ether oxygens (including phenoxy) is 1. The average Bonchev–Trinajstić information content (AvgIpc) is 2.47. The smallest absolute Gasteiger partial charge is 0.410 e. The van der Waals surface area contributed by atoms with E-state index in [1.54, 1.807) is 20.8 Å². The summed E-state index contributed by atoms with van der Waals surface area (Å²) >= 11 is 5.79. The van der Waals surface area contributed by atoms with Gasteiger partial charge in [0.25, 0.3) is 0 Å². The van der Waals surface area contributed by atoms with Gasteiger partial charge in [0.05, 0.1) is 18.3 Å². The number of aromatic carboxylic acids is 1. The fraction of sp³-hybridized carbons (Fsp3) is 0.562. The first-order valence-electron chi connectivity index (χ1n) is 7.84. The Morgan fingerprint density at radius 3 is 2.72 bits per heavy atom. The molecule has 25 heavy (non-hydrogen) atoms. The second-order valence-corrected chi connectivity index (χ2v) is 7.23. The molecule has 1 aromatic rings. The van der Waals surface area contributed by atoms with Crippen molar-refractivity contribution in [1.29, 1.82) is 0 Å². The van der Waals surface area contributed by atoms with Gasteiger partial charge in [-0.15, -0.1) is 0 Å². The summed E-state index contributed by atoms with van der Waals surface area (Å²) in [5.74, 6) is -1.19. The molecule has 1 amide bonds. The fourth-order valence-electron chi connectivity index (χ4n) is 2.48. The van der Waals surface area contributed by atoms with Gasteiger partial charge in [0, 0.05) is 12.7 Å². The number of carbonyl (C=O) groups excluding carboxylic acids is 1. The van der Waals surface area contributed by atoms with Crippen molar-refractivity contribution in [3.8, 4) is 0 Å². The van der Waals surface area contributed by atoms with Gasteiger partial charge in [0.15, 0.2) is 0 Å². The fourth-order valence-corrected chi connectivity index (χ4v) is 2.64. The maximum absolute atomic E-state index is 14.5. The molecule has 0 spiro atoms. The summed E-state index contributed by atoms with van der Waals surface area (Å²) < 4.78 is 19.7. The number of carbonyl (C=O) groups is 2. The standard InChI is InChI=1S/C16H21ClFN3O4/c1-16(2,3)25-15(24)21-5-4-11(10(18)8-21)20-12-6-13(17)19-7-9(12)14(22)23/h6-7,10-11H,4-5,8H2,1-3H3,(H,19,20)(H,22,23)/t10-,11+/m0/s1. The summed E-state index contributed by atoms with van der Waals surface area (Å²) in [6.45, 7) is 5.40. The van der Waals surface area contributed by atoms with Gasteiger partial charge in [-0.05, 0) is 33.3 Å². The summed E-state index contributed by atoms with van der Waals surface area (Å²) in [6.07, 6.45) is -0.517. The molecule has 7 nitrogen and oxygen atoms in total. The highest BCUT2D eigenvalue weighted by molar-refractivity contribution is 6.29. The molecule has 0 unspecified atom stereocenters. The molecular formula is C16H21ClFN3O4. The highest BCUT2D eigenvalue weighted by Crippen LogP contribution is 2.25. The number of likely N-dealkylation sites (tertiary alicyclic amines) is 1.